The Kier molecular flexibility index (Phi) is 6.14. The highest BCUT2D eigenvalue weighted by Gasteiger charge is 2.27. The van der Waals surface area contributed by atoms with E-state index in [9.17, 15) is 21.6 Å². The summed E-state index contributed by atoms with van der Waals surface area (Å²) in [4.78, 5) is 0.0653. The smallest absolute Gasteiger partial charge is 0.371 e. The fraction of sp³-hybridized carbons (Fsp3) is 0.500. The van der Waals surface area contributed by atoms with Crippen LogP contribution in [-0.4, -0.2) is 34.4 Å². The average Bonchev–Trinajstić information content (AvgIpc) is 2.36. The highest BCUT2D eigenvalue weighted by Crippen LogP contribution is 2.16. The quantitative estimate of drug-likeness (QED) is 0.740. The van der Waals surface area contributed by atoms with Crippen molar-refractivity contribution in [1.29, 1.82) is 0 Å². The van der Waals surface area contributed by atoms with Gasteiger partial charge in [-0.2, -0.15) is 13.2 Å². The predicted octanol–water partition coefficient (Wildman–Crippen LogP) is 1.31. The molecule has 1 aromatic rings. The number of nitrogens with two attached hydrogens (primary N) is 1. The van der Waals surface area contributed by atoms with Gasteiger partial charge in [-0.05, 0) is 24.1 Å². The first-order chi connectivity index (χ1) is 9.65. The van der Waals surface area contributed by atoms with Crippen molar-refractivity contribution in [3.8, 4) is 0 Å². The number of hydrogen-bond donors (Lipinski definition) is 2. The van der Waals surface area contributed by atoms with Crippen LogP contribution in [0.1, 0.15) is 11.1 Å². The molecule has 1 aromatic carbocycles. The van der Waals surface area contributed by atoms with Crippen molar-refractivity contribution in [1.82, 2.24) is 4.72 Å². The molecule has 0 spiro atoms. The van der Waals surface area contributed by atoms with E-state index in [0.717, 1.165) is 5.56 Å². The van der Waals surface area contributed by atoms with E-state index < -0.39 is 22.8 Å². The zero-order chi connectivity index (χ0) is 16.1. The summed E-state index contributed by atoms with van der Waals surface area (Å²) in [6, 6.07) is 4.65. The van der Waals surface area contributed by atoms with Crippen molar-refractivity contribution < 1.29 is 26.3 Å². The number of aryl methyl sites for hydroxylation is 1. The molecule has 9 heteroatoms. The normalized spacial score (nSPS) is 12.6. The van der Waals surface area contributed by atoms with Gasteiger partial charge >= 0.3 is 6.18 Å². The van der Waals surface area contributed by atoms with Gasteiger partial charge in [-0.25, -0.2) is 13.1 Å². The molecule has 0 unspecified atom stereocenters. The lowest BCUT2D eigenvalue weighted by Gasteiger charge is -2.11. The molecular weight excluding hydrogens is 309 g/mol. The lowest BCUT2D eigenvalue weighted by Crippen LogP contribution is -2.29. The Labute approximate surface area is 121 Å². The Morgan fingerprint density at radius 2 is 2.00 bits per heavy atom. The van der Waals surface area contributed by atoms with E-state index in [1.165, 1.54) is 6.07 Å². The van der Waals surface area contributed by atoms with Crippen LogP contribution in [0.4, 0.5) is 13.2 Å². The van der Waals surface area contributed by atoms with Gasteiger partial charge in [0.2, 0.25) is 10.0 Å². The molecule has 0 saturated heterocycles. The van der Waals surface area contributed by atoms with E-state index in [1.807, 2.05) is 0 Å². The molecule has 0 heterocycles. The molecule has 0 aliphatic rings. The van der Waals surface area contributed by atoms with Gasteiger partial charge in [0.1, 0.15) is 6.61 Å². The largest absolute Gasteiger partial charge is 0.411 e. The molecule has 0 fully saturated rings. The molecule has 0 aromatic heterocycles. The van der Waals surface area contributed by atoms with Crippen LogP contribution in [-0.2, 0) is 21.3 Å². The van der Waals surface area contributed by atoms with Crippen molar-refractivity contribution in [2.24, 2.45) is 5.73 Å². The number of nitrogens with one attached hydrogen (secondary N) is 1. The topological polar surface area (TPSA) is 81.4 Å². The second kappa shape index (κ2) is 7.21. The third-order valence-corrected chi connectivity index (χ3v) is 4.19. The van der Waals surface area contributed by atoms with Crippen LogP contribution in [0.15, 0.2) is 23.1 Å². The zero-order valence-corrected chi connectivity index (χ0v) is 12.2. The Bertz CT molecular complexity index is 574. The van der Waals surface area contributed by atoms with E-state index in [4.69, 9.17) is 5.73 Å². The highest BCUT2D eigenvalue weighted by molar-refractivity contribution is 7.89. The summed E-state index contributed by atoms with van der Waals surface area (Å²) in [5, 5.41) is 0. The Balaban J connectivity index is 2.58. The third-order valence-electron chi connectivity index (χ3n) is 2.57. The number of halogens is 3. The highest BCUT2D eigenvalue weighted by atomic mass is 32.2. The van der Waals surface area contributed by atoms with Crippen LogP contribution < -0.4 is 10.5 Å². The fourth-order valence-corrected chi connectivity index (χ4v) is 2.89. The van der Waals surface area contributed by atoms with E-state index >= 15 is 0 Å². The van der Waals surface area contributed by atoms with Gasteiger partial charge in [-0.15, -0.1) is 0 Å². The summed E-state index contributed by atoms with van der Waals surface area (Å²) in [6.45, 7) is -0.0954. The van der Waals surface area contributed by atoms with Gasteiger partial charge in [0, 0.05) is 13.1 Å². The average molecular weight is 326 g/mol. The van der Waals surface area contributed by atoms with Crippen LogP contribution in [0, 0.1) is 6.92 Å². The number of rotatable bonds is 7. The molecule has 0 aliphatic carbocycles. The number of ether oxygens (including phenoxy) is 1. The molecule has 0 atom stereocenters. The fourth-order valence-electron chi connectivity index (χ4n) is 1.65. The van der Waals surface area contributed by atoms with E-state index in [2.05, 4.69) is 9.46 Å². The van der Waals surface area contributed by atoms with E-state index in [1.54, 1.807) is 19.1 Å². The van der Waals surface area contributed by atoms with E-state index in [0.29, 0.717) is 12.1 Å². The van der Waals surface area contributed by atoms with Crippen molar-refractivity contribution in [3.63, 3.8) is 0 Å². The Morgan fingerprint density at radius 3 is 2.52 bits per heavy atom. The Hall–Kier alpha value is -1.16. The molecule has 21 heavy (non-hydrogen) atoms. The maximum absolute atomic E-state index is 12.0. The van der Waals surface area contributed by atoms with Crippen LogP contribution in [0.5, 0.6) is 0 Å². The summed E-state index contributed by atoms with van der Waals surface area (Å²) >= 11 is 0. The van der Waals surface area contributed by atoms with Crippen molar-refractivity contribution in [2.75, 3.05) is 19.8 Å². The van der Waals surface area contributed by atoms with E-state index in [-0.39, 0.29) is 18.0 Å². The minimum absolute atomic E-state index is 0.0653. The molecule has 120 valence electrons. The first-order valence-electron chi connectivity index (χ1n) is 6.09. The monoisotopic (exact) mass is 326 g/mol. The first kappa shape index (κ1) is 17.9. The zero-order valence-electron chi connectivity index (χ0n) is 11.4. The van der Waals surface area contributed by atoms with Crippen LogP contribution in [0.25, 0.3) is 0 Å². The SMILES string of the molecule is Cc1cc(CN)ccc1S(=O)(=O)NCCOCC(F)(F)F. The van der Waals surface area contributed by atoms with Gasteiger partial charge in [0.15, 0.2) is 0 Å². The molecule has 0 radical (unpaired) electrons. The van der Waals surface area contributed by atoms with Gasteiger partial charge in [-0.3, -0.25) is 0 Å². The number of sulfonamides is 1. The second-order valence-electron chi connectivity index (χ2n) is 4.37. The van der Waals surface area contributed by atoms with Gasteiger partial charge in [0.25, 0.3) is 0 Å². The molecule has 1 rings (SSSR count). The van der Waals surface area contributed by atoms with Crippen molar-refractivity contribution in [2.45, 2.75) is 24.5 Å². The maximum Gasteiger partial charge on any atom is 0.411 e. The minimum atomic E-state index is -4.42. The summed E-state index contributed by atoms with van der Waals surface area (Å²) in [6.07, 6.45) is -4.42. The lowest BCUT2D eigenvalue weighted by atomic mass is 10.1. The van der Waals surface area contributed by atoms with Gasteiger partial charge in [0.05, 0.1) is 11.5 Å². The molecule has 0 aliphatic heterocycles. The van der Waals surface area contributed by atoms with Crippen molar-refractivity contribution in [3.05, 3.63) is 29.3 Å². The van der Waals surface area contributed by atoms with Crippen LogP contribution >= 0.6 is 0 Å². The maximum atomic E-state index is 12.0. The molecule has 5 nitrogen and oxygen atoms in total. The minimum Gasteiger partial charge on any atom is -0.371 e. The van der Waals surface area contributed by atoms with Gasteiger partial charge in [-0.1, -0.05) is 12.1 Å². The summed E-state index contributed by atoms with van der Waals surface area (Å²) in [7, 11) is -3.78. The number of benzene rings is 1. The Morgan fingerprint density at radius 1 is 1.33 bits per heavy atom. The first-order valence-corrected chi connectivity index (χ1v) is 7.58. The van der Waals surface area contributed by atoms with Crippen LogP contribution in [0.2, 0.25) is 0 Å². The van der Waals surface area contributed by atoms with Gasteiger partial charge < -0.3 is 10.5 Å². The third kappa shape index (κ3) is 6.00. The molecule has 0 amide bonds. The number of hydrogen-bond acceptors (Lipinski definition) is 4. The van der Waals surface area contributed by atoms with Crippen LogP contribution in [0.3, 0.4) is 0 Å². The molecule has 0 bridgehead atoms. The number of alkyl halides is 3. The summed E-state index contributed by atoms with van der Waals surface area (Å²) < 4.78 is 66.0. The molecular formula is C12H17F3N2O3S. The molecule has 0 saturated carbocycles. The summed E-state index contributed by atoms with van der Waals surface area (Å²) in [5.41, 5.74) is 6.76. The molecule has 3 N–H and O–H groups in total. The predicted molar refractivity (Wildman–Crippen MR) is 71.1 cm³/mol. The standard InChI is InChI=1S/C12H17F3N2O3S/c1-9-6-10(7-16)2-3-11(9)21(18,19)17-4-5-20-8-12(13,14)15/h2-3,6,17H,4-5,7-8,16H2,1H3. The lowest BCUT2D eigenvalue weighted by molar-refractivity contribution is -0.173. The summed E-state index contributed by atoms with van der Waals surface area (Å²) in [5.74, 6) is 0. The second-order valence-corrected chi connectivity index (χ2v) is 6.10. The van der Waals surface area contributed by atoms with Crippen molar-refractivity contribution >= 4 is 10.0 Å².